The number of para-hydroxylation sites is 1. The van der Waals surface area contributed by atoms with Gasteiger partial charge in [0, 0.05) is 6.54 Å². The molecule has 4 heteroatoms. The molecule has 78 valence electrons. The van der Waals surface area contributed by atoms with Crippen molar-refractivity contribution < 1.29 is 9.18 Å². The number of halogens is 1. The predicted molar refractivity (Wildman–Crippen MR) is 57.4 cm³/mol. The SMILES string of the molecule is C=CCN1CC(=O)Nc2c(F)cccc21. The van der Waals surface area contributed by atoms with E-state index in [1.165, 1.54) is 6.07 Å². The van der Waals surface area contributed by atoms with Gasteiger partial charge in [-0.1, -0.05) is 12.1 Å². The van der Waals surface area contributed by atoms with Crippen molar-refractivity contribution in [3.63, 3.8) is 0 Å². The van der Waals surface area contributed by atoms with Gasteiger partial charge in [-0.2, -0.15) is 0 Å². The Kier molecular flexibility index (Phi) is 2.41. The van der Waals surface area contributed by atoms with Crippen molar-refractivity contribution in [3.05, 3.63) is 36.7 Å². The number of nitrogens with zero attached hydrogens (tertiary/aromatic N) is 1. The molecule has 1 amide bonds. The highest BCUT2D eigenvalue weighted by atomic mass is 19.1. The lowest BCUT2D eigenvalue weighted by atomic mass is 10.2. The molecule has 0 bridgehead atoms. The summed E-state index contributed by atoms with van der Waals surface area (Å²) in [4.78, 5) is 13.1. The van der Waals surface area contributed by atoms with Crippen molar-refractivity contribution in [1.82, 2.24) is 0 Å². The van der Waals surface area contributed by atoms with E-state index >= 15 is 0 Å². The highest BCUT2D eigenvalue weighted by Crippen LogP contribution is 2.31. The molecule has 1 aliphatic heterocycles. The van der Waals surface area contributed by atoms with E-state index in [0.29, 0.717) is 12.2 Å². The van der Waals surface area contributed by atoms with Crippen LogP contribution >= 0.6 is 0 Å². The highest BCUT2D eigenvalue weighted by Gasteiger charge is 2.23. The topological polar surface area (TPSA) is 32.3 Å². The molecule has 1 N–H and O–H groups in total. The van der Waals surface area contributed by atoms with Crippen LogP contribution in [-0.4, -0.2) is 19.0 Å². The van der Waals surface area contributed by atoms with Crippen LogP contribution in [-0.2, 0) is 4.79 Å². The molecule has 1 aromatic rings. The van der Waals surface area contributed by atoms with Crippen LogP contribution in [0.2, 0.25) is 0 Å². The third-order valence-electron chi connectivity index (χ3n) is 2.28. The van der Waals surface area contributed by atoms with Gasteiger partial charge in [-0.05, 0) is 12.1 Å². The lowest BCUT2D eigenvalue weighted by Crippen LogP contribution is -2.38. The van der Waals surface area contributed by atoms with Gasteiger partial charge in [0.2, 0.25) is 5.91 Å². The largest absolute Gasteiger partial charge is 0.357 e. The van der Waals surface area contributed by atoms with Crippen LogP contribution in [0.5, 0.6) is 0 Å². The number of amides is 1. The maximum atomic E-state index is 13.4. The van der Waals surface area contributed by atoms with E-state index in [1.807, 2.05) is 0 Å². The number of hydrogen-bond donors (Lipinski definition) is 1. The average Bonchev–Trinajstić information content (AvgIpc) is 2.20. The minimum absolute atomic E-state index is 0.200. The molecule has 1 aromatic carbocycles. The maximum absolute atomic E-state index is 13.4. The van der Waals surface area contributed by atoms with Crippen molar-refractivity contribution in [1.29, 1.82) is 0 Å². The Hall–Kier alpha value is -1.84. The molecule has 0 aliphatic carbocycles. The van der Waals surface area contributed by atoms with Gasteiger partial charge in [0.25, 0.3) is 0 Å². The summed E-state index contributed by atoms with van der Waals surface area (Å²) in [6, 6.07) is 4.74. The summed E-state index contributed by atoms with van der Waals surface area (Å²) >= 11 is 0. The van der Waals surface area contributed by atoms with Crippen LogP contribution in [0.15, 0.2) is 30.9 Å². The average molecular weight is 206 g/mol. The molecule has 0 radical (unpaired) electrons. The molecule has 0 saturated heterocycles. The van der Waals surface area contributed by atoms with Crippen LogP contribution in [0, 0.1) is 5.82 Å². The van der Waals surface area contributed by atoms with Gasteiger partial charge in [-0.3, -0.25) is 4.79 Å². The molecule has 0 atom stereocenters. The van der Waals surface area contributed by atoms with E-state index in [-0.39, 0.29) is 18.1 Å². The summed E-state index contributed by atoms with van der Waals surface area (Å²) in [5, 5.41) is 2.53. The van der Waals surface area contributed by atoms with E-state index in [2.05, 4.69) is 11.9 Å². The van der Waals surface area contributed by atoms with Crippen LogP contribution in [0.3, 0.4) is 0 Å². The number of carbonyl (C=O) groups excluding carboxylic acids is 1. The number of hydrogen-bond acceptors (Lipinski definition) is 2. The molecule has 0 fully saturated rings. The zero-order valence-corrected chi connectivity index (χ0v) is 8.16. The summed E-state index contributed by atoms with van der Waals surface area (Å²) in [7, 11) is 0. The summed E-state index contributed by atoms with van der Waals surface area (Å²) in [5.41, 5.74) is 0.963. The number of anilines is 2. The molecule has 1 aliphatic rings. The van der Waals surface area contributed by atoms with Gasteiger partial charge >= 0.3 is 0 Å². The molecule has 15 heavy (non-hydrogen) atoms. The molecule has 0 aromatic heterocycles. The zero-order chi connectivity index (χ0) is 10.8. The predicted octanol–water partition coefficient (Wildman–Crippen LogP) is 1.77. The Morgan fingerprint density at radius 2 is 2.40 bits per heavy atom. The first-order chi connectivity index (χ1) is 7.22. The molecule has 1 heterocycles. The number of rotatable bonds is 2. The fourth-order valence-corrected chi connectivity index (χ4v) is 1.66. The molecular weight excluding hydrogens is 195 g/mol. The van der Waals surface area contributed by atoms with Crippen molar-refractivity contribution in [2.45, 2.75) is 0 Å². The molecule has 3 nitrogen and oxygen atoms in total. The summed E-state index contributed by atoms with van der Waals surface area (Å²) < 4.78 is 13.4. The van der Waals surface area contributed by atoms with Crippen molar-refractivity contribution in [3.8, 4) is 0 Å². The molecule has 0 spiro atoms. The zero-order valence-electron chi connectivity index (χ0n) is 8.16. The van der Waals surface area contributed by atoms with Crippen molar-refractivity contribution in [2.24, 2.45) is 0 Å². The summed E-state index contributed by atoms with van der Waals surface area (Å²) in [6.07, 6.45) is 1.69. The number of fused-ring (bicyclic) bond motifs is 1. The first-order valence-electron chi connectivity index (χ1n) is 4.66. The van der Waals surface area contributed by atoms with Gasteiger partial charge in [0.15, 0.2) is 0 Å². The maximum Gasteiger partial charge on any atom is 0.244 e. The quantitative estimate of drug-likeness (QED) is 0.748. The number of nitrogens with one attached hydrogen (secondary N) is 1. The summed E-state index contributed by atoms with van der Waals surface area (Å²) in [6.45, 7) is 4.38. The third-order valence-corrected chi connectivity index (χ3v) is 2.28. The lowest BCUT2D eigenvalue weighted by molar-refractivity contribution is -0.115. The Bertz CT molecular complexity index is 417. The minimum Gasteiger partial charge on any atom is -0.357 e. The fourth-order valence-electron chi connectivity index (χ4n) is 1.66. The molecule has 0 unspecified atom stereocenters. The molecule has 2 rings (SSSR count). The van der Waals surface area contributed by atoms with Gasteiger partial charge in [-0.15, -0.1) is 6.58 Å². The molecular formula is C11H11FN2O. The van der Waals surface area contributed by atoms with Crippen LogP contribution < -0.4 is 10.2 Å². The number of carbonyl (C=O) groups is 1. The normalized spacial score (nSPS) is 14.5. The Morgan fingerprint density at radius 3 is 3.13 bits per heavy atom. The van der Waals surface area contributed by atoms with E-state index in [1.54, 1.807) is 23.1 Å². The third kappa shape index (κ3) is 1.70. The van der Waals surface area contributed by atoms with Gasteiger partial charge in [0.1, 0.15) is 11.5 Å². The van der Waals surface area contributed by atoms with E-state index in [9.17, 15) is 9.18 Å². The van der Waals surface area contributed by atoms with Crippen LogP contribution in [0.4, 0.5) is 15.8 Å². The second-order valence-corrected chi connectivity index (χ2v) is 3.35. The van der Waals surface area contributed by atoms with E-state index in [4.69, 9.17) is 0 Å². The first-order valence-corrected chi connectivity index (χ1v) is 4.66. The minimum atomic E-state index is -0.408. The Balaban J connectivity index is 2.45. The standard InChI is InChI=1S/C11H11FN2O/c1-2-6-14-7-10(15)13-11-8(12)4-3-5-9(11)14/h2-5H,1,6-7H2,(H,13,15). The monoisotopic (exact) mass is 206 g/mol. The van der Waals surface area contributed by atoms with Crippen LogP contribution in [0.25, 0.3) is 0 Å². The van der Waals surface area contributed by atoms with Crippen molar-refractivity contribution in [2.75, 3.05) is 23.3 Å². The fraction of sp³-hybridized carbons (Fsp3) is 0.182. The van der Waals surface area contributed by atoms with E-state index in [0.717, 1.165) is 0 Å². The van der Waals surface area contributed by atoms with Gasteiger partial charge in [-0.25, -0.2) is 4.39 Å². The smallest absolute Gasteiger partial charge is 0.244 e. The van der Waals surface area contributed by atoms with Crippen molar-refractivity contribution >= 4 is 17.3 Å². The second kappa shape index (κ2) is 3.73. The second-order valence-electron chi connectivity index (χ2n) is 3.35. The molecule has 0 saturated carbocycles. The first kappa shape index (κ1) is 9.71. The summed E-state index contributed by atoms with van der Waals surface area (Å²) in [5.74, 6) is -0.607. The van der Waals surface area contributed by atoms with Gasteiger partial charge < -0.3 is 10.2 Å². The number of benzene rings is 1. The Labute approximate surface area is 87.2 Å². The lowest BCUT2D eigenvalue weighted by Gasteiger charge is -2.29. The van der Waals surface area contributed by atoms with Crippen LogP contribution in [0.1, 0.15) is 0 Å². The van der Waals surface area contributed by atoms with Gasteiger partial charge in [0.05, 0.1) is 12.2 Å². The highest BCUT2D eigenvalue weighted by molar-refractivity contribution is 6.01. The Morgan fingerprint density at radius 1 is 1.60 bits per heavy atom. The van der Waals surface area contributed by atoms with E-state index < -0.39 is 5.82 Å².